The number of halogens is 3. The molecular formula is C19H20F3NO4. The number of hydrogen-bond donors (Lipinski definition) is 3. The molecule has 0 radical (unpaired) electrons. The Morgan fingerprint density at radius 2 is 1.63 bits per heavy atom. The van der Waals surface area contributed by atoms with Crippen LogP contribution in [0.2, 0.25) is 0 Å². The molecule has 27 heavy (non-hydrogen) atoms. The van der Waals surface area contributed by atoms with Gasteiger partial charge in [-0.05, 0) is 23.6 Å². The Morgan fingerprint density at radius 1 is 1.07 bits per heavy atom. The van der Waals surface area contributed by atoms with Crippen LogP contribution in [0.5, 0.6) is 0 Å². The van der Waals surface area contributed by atoms with E-state index in [1.807, 2.05) is 42.5 Å². The van der Waals surface area contributed by atoms with Gasteiger partial charge >= 0.3 is 6.18 Å². The Kier molecular flexibility index (Phi) is 6.59. The zero-order valence-corrected chi connectivity index (χ0v) is 14.5. The summed E-state index contributed by atoms with van der Waals surface area (Å²) in [5.74, 6) is -1.26. The first kappa shape index (κ1) is 20.9. The van der Waals surface area contributed by atoms with Gasteiger partial charge in [0.05, 0.1) is 13.0 Å². The van der Waals surface area contributed by atoms with Crippen LogP contribution in [0.3, 0.4) is 0 Å². The highest BCUT2D eigenvalue weighted by atomic mass is 19.4. The zero-order chi connectivity index (χ0) is 20.1. The van der Waals surface area contributed by atoms with E-state index in [0.29, 0.717) is 5.56 Å². The first-order valence-electron chi connectivity index (χ1n) is 8.13. The van der Waals surface area contributed by atoms with Gasteiger partial charge in [0.25, 0.3) is 5.91 Å². The summed E-state index contributed by atoms with van der Waals surface area (Å²) in [6.07, 6.45) is -8.53. The number of nitrogens with one attached hydrogen (secondary N) is 1. The largest absolute Gasteiger partial charge is 0.391 e. The highest BCUT2D eigenvalue weighted by Crippen LogP contribution is 2.29. The van der Waals surface area contributed by atoms with Gasteiger partial charge in [-0.25, -0.2) is 5.48 Å². The van der Waals surface area contributed by atoms with Crippen LogP contribution in [0, 0.1) is 0 Å². The summed E-state index contributed by atoms with van der Waals surface area (Å²) in [6, 6.07) is 16.6. The lowest BCUT2D eigenvalue weighted by molar-refractivity contribution is -0.201. The first-order chi connectivity index (χ1) is 12.7. The summed E-state index contributed by atoms with van der Waals surface area (Å²) in [4.78, 5) is 11.8. The van der Waals surface area contributed by atoms with Crippen molar-refractivity contribution >= 4 is 5.91 Å². The fourth-order valence-electron chi connectivity index (χ4n) is 2.50. The molecule has 0 saturated heterocycles. The Labute approximate surface area is 154 Å². The van der Waals surface area contributed by atoms with Crippen molar-refractivity contribution in [1.82, 2.24) is 5.48 Å². The van der Waals surface area contributed by atoms with E-state index < -0.39 is 30.2 Å². The van der Waals surface area contributed by atoms with E-state index in [-0.39, 0.29) is 6.61 Å². The van der Waals surface area contributed by atoms with Crippen molar-refractivity contribution in [2.75, 3.05) is 0 Å². The average Bonchev–Trinajstić information content (AvgIpc) is 2.65. The third-order valence-electron chi connectivity index (χ3n) is 4.21. The third kappa shape index (κ3) is 5.53. The molecule has 3 N–H and O–H groups in total. The topological polar surface area (TPSA) is 78.8 Å². The lowest BCUT2D eigenvalue weighted by atomic mass is 9.95. The summed E-state index contributed by atoms with van der Waals surface area (Å²) >= 11 is 0. The Bertz CT molecular complexity index is 750. The van der Waals surface area contributed by atoms with Crippen molar-refractivity contribution in [3.63, 3.8) is 0 Å². The molecule has 2 atom stereocenters. The van der Waals surface area contributed by atoms with Crippen LogP contribution in [0.15, 0.2) is 54.6 Å². The van der Waals surface area contributed by atoms with E-state index in [1.54, 1.807) is 12.1 Å². The van der Waals surface area contributed by atoms with Crippen molar-refractivity contribution in [2.45, 2.75) is 37.8 Å². The molecule has 2 rings (SSSR count). The van der Waals surface area contributed by atoms with Gasteiger partial charge in [-0.15, -0.1) is 0 Å². The van der Waals surface area contributed by atoms with Gasteiger partial charge in [0.15, 0.2) is 5.60 Å². The number of carbonyl (C=O) groups is 1. The summed E-state index contributed by atoms with van der Waals surface area (Å²) in [5.41, 5.74) is 1.49. The Hall–Kier alpha value is -2.42. The number of carbonyl (C=O) groups excluding carboxylic acids is 1. The molecule has 1 amide bonds. The predicted molar refractivity (Wildman–Crippen MR) is 91.7 cm³/mol. The van der Waals surface area contributed by atoms with Crippen LogP contribution in [0.1, 0.15) is 18.9 Å². The molecule has 0 unspecified atom stereocenters. The van der Waals surface area contributed by atoms with E-state index in [1.165, 1.54) is 5.48 Å². The number of hydrogen-bond acceptors (Lipinski definition) is 4. The van der Waals surface area contributed by atoms with Crippen LogP contribution in [-0.2, 0) is 16.1 Å². The maximum absolute atomic E-state index is 12.6. The summed E-state index contributed by atoms with van der Waals surface area (Å²) in [6.45, 7) is 0.765. The van der Waals surface area contributed by atoms with Gasteiger partial charge in [0.2, 0.25) is 0 Å². The molecule has 0 aliphatic carbocycles. The van der Waals surface area contributed by atoms with E-state index in [0.717, 1.165) is 18.1 Å². The van der Waals surface area contributed by atoms with Gasteiger partial charge in [0, 0.05) is 0 Å². The number of alkyl halides is 3. The van der Waals surface area contributed by atoms with Crippen LogP contribution >= 0.6 is 0 Å². The molecule has 2 aromatic rings. The van der Waals surface area contributed by atoms with Crippen LogP contribution in [0.25, 0.3) is 11.1 Å². The number of aliphatic hydroxyl groups excluding tert-OH is 1. The summed E-state index contributed by atoms with van der Waals surface area (Å²) in [7, 11) is 0. The fraction of sp³-hybridized carbons (Fsp3) is 0.316. The standard InChI is InChI=1S/C19H20F3NO4/c1-18(17(25)23-26,16(24)11-19(20,21)22)27-12-13-7-9-15(10-8-13)14-5-3-2-4-6-14/h2-10,16,24,26H,11-12H2,1H3,(H,23,25)/t16-,18+/m1/s1. The van der Waals surface area contributed by atoms with Gasteiger partial charge in [-0.1, -0.05) is 54.6 Å². The summed E-state index contributed by atoms with van der Waals surface area (Å²) < 4.78 is 43.0. The molecule has 0 aromatic heterocycles. The minimum Gasteiger partial charge on any atom is -0.389 e. The Morgan fingerprint density at radius 3 is 2.15 bits per heavy atom. The molecule has 0 bridgehead atoms. The number of hydroxylamine groups is 1. The Balaban J connectivity index is 2.11. The number of aliphatic hydroxyl groups is 1. The van der Waals surface area contributed by atoms with Crippen molar-refractivity contribution in [1.29, 1.82) is 0 Å². The van der Waals surface area contributed by atoms with E-state index in [2.05, 4.69) is 0 Å². The molecule has 0 fully saturated rings. The number of ether oxygens (including phenoxy) is 1. The van der Waals surface area contributed by atoms with E-state index >= 15 is 0 Å². The average molecular weight is 383 g/mol. The SMILES string of the molecule is C[C@@](OCc1ccc(-c2ccccc2)cc1)(C(=O)NO)[C@H](O)CC(F)(F)F. The first-order valence-corrected chi connectivity index (χ1v) is 8.13. The molecule has 5 nitrogen and oxygen atoms in total. The van der Waals surface area contributed by atoms with Crippen molar-refractivity contribution in [3.05, 3.63) is 60.2 Å². The van der Waals surface area contributed by atoms with Crippen LogP contribution < -0.4 is 5.48 Å². The molecule has 0 saturated carbocycles. The molecule has 0 aliphatic rings. The second kappa shape index (κ2) is 8.51. The molecule has 2 aromatic carbocycles. The maximum atomic E-state index is 12.6. The second-order valence-corrected chi connectivity index (χ2v) is 6.23. The zero-order valence-electron chi connectivity index (χ0n) is 14.5. The summed E-state index contributed by atoms with van der Waals surface area (Å²) in [5, 5.41) is 18.7. The predicted octanol–water partition coefficient (Wildman–Crippen LogP) is 3.45. The van der Waals surface area contributed by atoms with Crippen LogP contribution in [0.4, 0.5) is 13.2 Å². The molecule has 8 heteroatoms. The van der Waals surface area contributed by atoms with E-state index in [4.69, 9.17) is 9.94 Å². The molecule has 146 valence electrons. The molecule has 0 spiro atoms. The normalized spacial score (nSPS) is 15.0. The fourth-order valence-corrected chi connectivity index (χ4v) is 2.50. The van der Waals surface area contributed by atoms with Crippen molar-refractivity contribution in [2.24, 2.45) is 0 Å². The smallest absolute Gasteiger partial charge is 0.389 e. The molecule has 0 heterocycles. The van der Waals surface area contributed by atoms with Gasteiger partial charge in [-0.2, -0.15) is 13.2 Å². The van der Waals surface area contributed by atoms with Crippen molar-refractivity contribution < 1.29 is 33.0 Å². The minimum atomic E-state index is -4.70. The highest BCUT2D eigenvalue weighted by molar-refractivity contribution is 5.84. The lowest BCUT2D eigenvalue weighted by Crippen LogP contribution is -2.55. The monoisotopic (exact) mass is 383 g/mol. The molecule has 0 aliphatic heterocycles. The van der Waals surface area contributed by atoms with E-state index in [9.17, 15) is 23.1 Å². The minimum absolute atomic E-state index is 0.228. The van der Waals surface area contributed by atoms with Crippen LogP contribution in [-0.4, -0.2) is 34.1 Å². The number of rotatable bonds is 7. The van der Waals surface area contributed by atoms with Gasteiger partial charge < -0.3 is 9.84 Å². The third-order valence-corrected chi connectivity index (χ3v) is 4.21. The number of amides is 1. The van der Waals surface area contributed by atoms with Gasteiger partial charge in [-0.3, -0.25) is 10.0 Å². The van der Waals surface area contributed by atoms with Gasteiger partial charge in [0.1, 0.15) is 6.10 Å². The maximum Gasteiger partial charge on any atom is 0.391 e. The quantitative estimate of drug-likeness (QED) is 0.506. The second-order valence-electron chi connectivity index (χ2n) is 6.23. The van der Waals surface area contributed by atoms with Crippen molar-refractivity contribution in [3.8, 4) is 11.1 Å². The molecular weight excluding hydrogens is 363 g/mol. The number of benzene rings is 2. The highest BCUT2D eigenvalue weighted by Gasteiger charge is 2.47. The lowest BCUT2D eigenvalue weighted by Gasteiger charge is -2.32.